The molecule has 0 aliphatic carbocycles. The van der Waals surface area contributed by atoms with Gasteiger partial charge in [-0.1, -0.05) is 4.36 Å². The Morgan fingerprint density at radius 3 is 1.09 bits per heavy atom. The number of alkyl halides is 13. The van der Waals surface area contributed by atoms with Crippen molar-refractivity contribution in [2.24, 2.45) is 4.36 Å². The first-order valence-electron chi connectivity index (χ1n) is 4.45. The normalized spacial score (nSPS) is 15.5. The minimum Gasteiger partial charge on any atom is -0.192 e. The maximum atomic E-state index is 12.7. The van der Waals surface area contributed by atoms with Crippen LogP contribution in [-0.2, 0) is 10.5 Å². The quantitative estimate of drug-likeness (QED) is 0.524. The van der Waals surface area contributed by atoms with E-state index in [4.69, 9.17) is 0 Å². The highest BCUT2D eigenvalue weighted by molar-refractivity contribution is 7.61. The standard InChI is InChI=1S/C6F13NO2S/c7-1(8,3(11,12)5(15,16)17)2(9,10)4(13,14)6(18,19)20-23(21)22. The highest BCUT2D eigenvalue weighted by atomic mass is 32.2. The van der Waals surface area contributed by atoms with Crippen LogP contribution in [0.5, 0.6) is 0 Å². The lowest BCUT2D eigenvalue weighted by Gasteiger charge is -2.38. The molecule has 0 bridgehead atoms. The summed E-state index contributed by atoms with van der Waals surface area (Å²) in [4.78, 5) is 0. The Labute approximate surface area is 117 Å². The van der Waals surface area contributed by atoms with Gasteiger partial charge in [0, 0.05) is 0 Å². The van der Waals surface area contributed by atoms with Crippen molar-refractivity contribution < 1.29 is 65.5 Å². The smallest absolute Gasteiger partial charge is 0.192 e. The highest BCUT2D eigenvalue weighted by Gasteiger charge is 2.91. The first-order chi connectivity index (χ1) is 9.67. The molecule has 0 aromatic heterocycles. The van der Waals surface area contributed by atoms with E-state index < -0.39 is 46.4 Å². The van der Waals surface area contributed by atoms with E-state index in [0.29, 0.717) is 4.36 Å². The Balaban J connectivity index is 6.41. The van der Waals surface area contributed by atoms with Gasteiger partial charge in [-0.15, -0.1) is 0 Å². The van der Waals surface area contributed by atoms with Crippen LogP contribution in [0.4, 0.5) is 57.1 Å². The molecule has 0 aliphatic heterocycles. The summed E-state index contributed by atoms with van der Waals surface area (Å²) >= 11 is 0. The monoisotopic (exact) mass is 397 g/mol. The molecule has 138 valence electrons. The molecule has 0 N–H and O–H groups in total. The van der Waals surface area contributed by atoms with Crippen LogP contribution in [-0.4, -0.2) is 44.3 Å². The lowest BCUT2D eigenvalue weighted by atomic mass is 9.97. The Hall–Kier alpha value is -1.29. The summed E-state index contributed by atoms with van der Waals surface area (Å²) in [6.07, 6.45) is -7.52. The van der Waals surface area contributed by atoms with Gasteiger partial charge in [-0.2, -0.15) is 65.5 Å². The van der Waals surface area contributed by atoms with E-state index in [0.717, 1.165) is 0 Å². The molecule has 0 atom stereocenters. The van der Waals surface area contributed by atoms with E-state index in [1.165, 1.54) is 0 Å². The van der Waals surface area contributed by atoms with Crippen LogP contribution >= 0.6 is 0 Å². The molecule has 0 spiro atoms. The van der Waals surface area contributed by atoms with Crippen LogP contribution in [0, 0.1) is 0 Å². The van der Waals surface area contributed by atoms with Gasteiger partial charge < -0.3 is 0 Å². The van der Waals surface area contributed by atoms with E-state index in [2.05, 4.69) is 0 Å². The molecule has 0 radical (unpaired) electrons. The van der Waals surface area contributed by atoms with Crippen LogP contribution in [0.3, 0.4) is 0 Å². The fourth-order valence-corrected chi connectivity index (χ4v) is 1.21. The summed E-state index contributed by atoms with van der Waals surface area (Å²) in [5.74, 6) is -31.7. The first-order valence-corrected chi connectivity index (χ1v) is 5.48. The van der Waals surface area contributed by atoms with Gasteiger partial charge >= 0.3 is 46.4 Å². The molecular weight excluding hydrogens is 397 g/mol. The van der Waals surface area contributed by atoms with Crippen molar-refractivity contribution in [3.05, 3.63) is 0 Å². The highest BCUT2D eigenvalue weighted by Crippen LogP contribution is 2.60. The Bertz CT molecular complexity index is 580. The molecule has 3 nitrogen and oxygen atoms in total. The fourth-order valence-electron chi connectivity index (χ4n) is 0.912. The maximum absolute atomic E-state index is 12.7. The van der Waals surface area contributed by atoms with E-state index in [1.807, 2.05) is 0 Å². The zero-order valence-electron chi connectivity index (χ0n) is 9.59. The molecule has 0 heterocycles. The van der Waals surface area contributed by atoms with Gasteiger partial charge in [0.15, 0.2) is 0 Å². The van der Waals surface area contributed by atoms with Crippen molar-refractivity contribution in [2.75, 3.05) is 0 Å². The molecule has 0 saturated carbocycles. The number of rotatable bonds is 5. The Morgan fingerprint density at radius 1 is 0.522 bits per heavy atom. The molecule has 0 saturated heterocycles. The second kappa shape index (κ2) is 5.37. The molecule has 0 unspecified atom stereocenters. The van der Waals surface area contributed by atoms with Crippen molar-refractivity contribution in [1.29, 1.82) is 0 Å². The van der Waals surface area contributed by atoms with Crippen molar-refractivity contribution in [3.8, 4) is 0 Å². The van der Waals surface area contributed by atoms with Crippen LogP contribution < -0.4 is 0 Å². The summed E-state index contributed by atoms with van der Waals surface area (Å²) in [6, 6.07) is -6.95. The van der Waals surface area contributed by atoms with Gasteiger partial charge in [0.05, 0.1) is 0 Å². The number of hydrogen-bond donors (Lipinski definition) is 0. The Morgan fingerprint density at radius 2 is 0.826 bits per heavy atom. The lowest BCUT2D eigenvalue weighted by Crippen LogP contribution is -2.69. The van der Waals surface area contributed by atoms with Crippen LogP contribution in [0.2, 0.25) is 0 Å². The van der Waals surface area contributed by atoms with Gasteiger partial charge in [0.1, 0.15) is 0 Å². The lowest BCUT2D eigenvalue weighted by molar-refractivity contribution is -0.439. The summed E-state index contributed by atoms with van der Waals surface area (Å²) in [6.45, 7) is 0. The number of halogens is 13. The molecule has 23 heavy (non-hydrogen) atoms. The van der Waals surface area contributed by atoms with Crippen LogP contribution in [0.25, 0.3) is 0 Å². The van der Waals surface area contributed by atoms with E-state index >= 15 is 0 Å². The Kier molecular flexibility index (Phi) is 5.07. The molecular formula is C6F13NO2S. The third-order valence-corrected chi connectivity index (χ3v) is 2.48. The minimum atomic E-state index is -8.08. The zero-order valence-corrected chi connectivity index (χ0v) is 10.4. The molecule has 0 aliphatic rings. The molecule has 17 heteroatoms. The molecule has 0 fully saturated rings. The average molecular weight is 397 g/mol. The van der Waals surface area contributed by atoms with Crippen molar-refractivity contribution in [3.63, 3.8) is 0 Å². The number of nitrogens with zero attached hydrogens (tertiary/aromatic N) is 1. The van der Waals surface area contributed by atoms with Gasteiger partial charge in [-0.05, 0) is 0 Å². The summed E-state index contributed by atoms with van der Waals surface area (Å²) in [5, 5.41) is 0. The van der Waals surface area contributed by atoms with Crippen LogP contribution in [0.15, 0.2) is 4.36 Å². The van der Waals surface area contributed by atoms with Gasteiger partial charge in [-0.3, -0.25) is 0 Å². The predicted octanol–water partition coefficient (Wildman–Crippen LogP) is 3.75. The molecule has 0 amide bonds. The van der Waals surface area contributed by atoms with Gasteiger partial charge in [0.2, 0.25) is 0 Å². The van der Waals surface area contributed by atoms with Crippen molar-refractivity contribution in [1.82, 2.24) is 0 Å². The van der Waals surface area contributed by atoms with Gasteiger partial charge in [0.25, 0.3) is 0 Å². The summed E-state index contributed by atoms with van der Waals surface area (Å²) in [5.41, 5.74) is 0. The minimum absolute atomic E-state index is 0.599. The van der Waals surface area contributed by atoms with Crippen LogP contribution in [0.1, 0.15) is 0 Å². The van der Waals surface area contributed by atoms with Gasteiger partial charge in [-0.25, -0.2) is 0 Å². The average Bonchev–Trinajstić information content (AvgIpc) is 2.24. The van der Waals surface area contributed by atoms with E-state index in [-0.39, 0.29) is 0 Å². The second-order valence-corrected chi connectivity index (χ2v) is 4.26. The third-order valence-electron chi connectivity index (χ3n) is 2.11. The third kappa shape index (κ3) is 3.06. The second-order valence-electron chi connectivity index (χ2n) is 3.64. The number of hydrogen-bond acceptors (Lipinski definition) is 3. The zero-order chi connectivity index (χ0) is 19.3. The van der Waals surface area contributed by atoms with E-state index in [1.54, 1.807) is 0 Å². The first kappa shape index (κ1) is 21.7. The predicted molar refractivity (Wildman–Crippen MR) is 42.1 cm³/mol. The molecule has 0 rings (SSSR count). The SMILES string of the molecule is O=S(=O)=NC(F)(F)C(F)(F)C(F)(F)C(F)(F)C(F)(F)C(F)(F)F. The largest absolute Gasteiger partial charge is 0.460 e. The molecule has 0 aromatic rings. The molecule has 0 aromatic carbocycles. The van der Waals surface area contributed by atoms with E-state index in [9.17, 15) is 65.5 Å². The topological polar surface area (TPSA) is 46.5 Å². The summed E-state index contributed by atoms with van der Waals surface area (Å²) in [7, 11) is -4.62. The van der Waals surface area contributed by atoms with Crippen molar-refractivity contribution >= 4 is 10.5 Å². The fraction of sp³-hybridized carbons (Fsp3) is 1.00. The maximum Gasteiger partial charge on any atom is 0.460 e. The van der Waals surface area contributed by atoms with Crippen molar-refractivity contribution in [2.45, 2.75) is 35.9 Å². The summed E-state index contributed by atoms with van der Waals surface area (Å²) < 4.78 is 181.